The Morgan fingerprint density at radius 2 is 2.05 bits per heavy atom. The number of benzene rings is 2. The molecule has 110 valence electrons. The molecule has 0 radical (unpaired) electrons. The highest BCUT2D eigenvalue weighted by Crippen LogP contribution is 2.25. The number of carbonyl (C=O) groups excluding carboxylic acids is 1. The third-order valence-corrected chi connectivity index (χ3v) is 3.33. The van der Waals surface area contributed by atoms with Gasteiger partial charge < -0.3 is 9.84 Å². The van der Waals surface area contributed by atoms with Gasteiger partial charge in [-0.25, -0.2) is 4.39 Å². The molecule has 0 aliphatic carbocycles. The van der Waals surface area contributed by atoms with Crippen molar-refractivity contribution >= 4 is 17.4 Å². The van der Waals surface area contributed by atoms with Crippen LogP contribution < -0.4 is 4.74 Å². The van der Waals surface area contributed by atoms with Crippen molar-refractivity contribution in [2.75, 3.05) is 6.61 Å². The maximum Gasteiger partial charge on any atom is 0.163 e. The first-order chi connectivity index (χ1) is 9.99. The average Bonchev–Trinajstić information content (AvgIpc) is 2.45. The second-order valence-electron chi connectivity index (χ2n) is 4.54. The largest absolute Gasteiger partial charge is 0.490 e. The number of aliphatic hydroxyl groups is 1. The van der Waals surface area contributed by atoms with Gasteiger partial charge >= 0.3 is 0 Å². The van der Waals surface area contributed by atoms with Crippen molar-refractivity contribution in [1.82, 2.24) is 0 Å². The molecule has 0 heterocycles. The summed E-state index contributed by atoms with van der Waals surface area (Å²) in [5.41, 5.74) is 0.780. The van der Waals surface area contributed by atoms with Crippen molar-refractivity contribution < 1.29 is 19.0 Å². The van der Waals surface area contributed by atoms with Crippen molar-refractivity contribution in [2.45, 2.75) is 13.0 Å². The summed E-state index contributed by atoms with van der Waals surface area (Å²) < 4.78 is 18.6. The summed E-state index contributed by atoms with van der Waals surface area (Å²) in [4.78, 5) is 11.5. The number of aliphatic hydroxyl groups excluding tert-OH is 1. The van der Waals surface area contributed by atoms with Crippen molar-refractivity contribution in [3.05, 3.63) is 64.4 Å². The number of halogens is 2. The molecule has 1 atom stereocenters. The molecule has 1 N–H and O–H groups in total. The zero-order valence-corrected chi connectivity index (χ0v) is 12.1. The van der Waals surface area contributed by atoms with Crippen LogP contribution >= 0.6 is 11.6 Å². The first kappa shape index (κ1) is 15.5. The molecule has 0 saturated heterocycles. The van der Waals surface area contributed by atoms with Crippen molar-refractivity contribution in [3.63, 3.8) is 0 Å². The van der Waals surface area contributed by atoms with E-state index in [1.807, 2.05) is 0 Å². The van der Waals surface area contributed by atoms with Crippen molar-refractivity contribution in [3.8, 4) is 5.75 Å². The summed E-state index contributed by atoms with van der Waals surface area (Å²) in [7, 11) is 0. The summed E-state index contributed by atoms with van der Waals surface area (Å²) in [6, 6.07) is 10.5. The third-order valence-electron chi connectivity index (χ3n) is 2.98. The van der Waals surface area contributed by atoms with Crippen LogP contribution in [-0.4, -0.2) is 17.5 Å². The molecule has 0 spiro atoms. The van der Waals surface area contributed by atoms with E-state index in [4.69, 9.17) is 16.3 Å². The van der Waals surface area contributed by atoms with Crippen molar-refractivity contribution in [2.24, 2.45) is 0 Å². The smallest absolute Gasteiger partial charge is 0.163 e. The van der Waals surface area contributed by atoms with E-state index < -0.39 is 11.9 Å². The first-order valence-corrected chi connectivity index (χ1v) is 6.72. The number of rotatable bonds is 5. The first-order valence-electron chi connectivity index (χ1n) is 6.35. The molecule has 21 heavy (non-hydrogen) atoms. The molecule has 3 nitrogen and oxygen atoms in total. The minimum Gasteiger partial charge on any atom is -0.490 e. The molecule has 0 aliphatic heterocycles. The number of hydrogen-bond donors (Lipinski definition) is 1. The molecule has 0 fully saturated rings. The predicted octanol–water partition coefficient (Wildman–Crippen LogP) is 3.79. The number of hydrogen-bond acceptors (Lipinski definition) is 3. The van der Waals surface area contributed by atoms with Gasteiger partial charge in [0.25, 0.3) is 0 Å². The standard InChI is InChI=1S/C16H14ClFO3/c1-10(19)12-7-6-11(18)8-16(12)21-9-15(20)13-4-2-3-5-14(13)17/h2-8,15,20H,9H2,1H3. The lowest BCUT2D eigenvalue weighted by Crippen LogP contribution is -2.12. The van der Waals surface area contributed by atoms with Gasteiger partial charge in [0.2, 0.25) is 0 Å². The van der Waals surface area contributed by atoms with E-state index in [-0.39, 0.29) is 23.7 Å². The molecule has 0 saturated carbocycles. The molecule has 2 aromatic rings. The fourth-order valence-electron chi connectivity index (χ4n) is 1.91. The lowest BCUT2D eigenvalue weighted by Gasteiger charge is -2.15. The second kappa shape index (κ2) is 6.70. The van der Waals surface area contributed by atoms with Crippen LogP contribution in [0.5, 0.6) is 5.75 Å². The van der Waals surface area contributed by atoms with Gasteiger partial charge in [0, 0.05) is 16.7 Å². The highest BCUT2D eigenvalue weighted by Gasteiger charge is 2.15. The van der Waals surface area contributed by atoms with E-state index in [2.05, 4.69) is 0 Å². The molecule has 1 unspecified atom stereocenters. The summed E-state index contributed by atoms with van der Waals surface area (Å²) in [6.07, 6.45) is -0.971. The Bertz CT molecular complexity index is 658. The van der Waals surface area contributed by atoms with E-state index in [0.29, 0.717) is 10.6 Å². The molecular weight excluding hydrogens is 295 g/mol. The van der Waals surface area contributed by atoms with Gasteiger partial charge in [-0.05, 0) is 25.1 Å². The molecule has 0 aromatic heterocycles. The average molecular weight is 309 g/mol. The number of ether oxygens (including phenoxy) is 1. The Hall–Kier alpha value is -1.91. The van der Waals surface area contributed by atoms with Gasteiger partial charge in [0.15, 0.2) is 5.78 Å². The molecule has 5 heteroatoms. The minimum absolute atomic E-state index is 0.105. The van der Waals surface area contributed by atoms with Gasteiger partial charge in [-0.1, -0.05) is 29.8 Å². The Kier molecular flexibility index (Phi) is 4.94. The Balaban J connectivity index is 2.15. The molecule has 0 bridgehead atoms. The van der Waals surface area contributed by atoms with Crippen molar-refractivity contribution in [1.29, 1.82) is 0 Å². The Morgan fingerprint density at radius 3 is 2.71 bits per heavy atom. The van der Waals surface area contributed by atoms with E-state index in [0.717, 1.165) is 6.07 Å². The highest BCUT2D eigenvalue weighted by atomic mass is 35.5. The van der Waals surface area contributed by atoms with Crippen LogP contribution in [0.3, 0.4) is 0 Å². The van der Waals surface area contributed by atoms with Crippen LogP contribution in [-0.2, 0) is 0 Å². The number of Topliss-reactive ketones (excluding diaryl/α,β-unsaturated/α-hetero) is 1. The Morgan fingerprint density at radius 1 is 1.33 bits per heavy atom. The number of ketones is 1. The summed E-state index contributed by atoms with van der Waals surface area (Å²) in [6.45, 7) is 1.23. The van der Waals surface area contributed by atoms with Crippen LogP contribution in [0.4, 0.5) is 4.39 Å². The normalized spacial score (nSPS) is 12.0. The number of carbonyl (C=O) groups is 1. The van der Waals surface area contributed by atoms with E-state index in [1.54, 1.807) is 24.3 Å². The van der Waals surface area contributed by atoms with Crippen LogP contribution in [0.25, 0.3) is 0 Å². The maximum absolute atomic E-state index is 13.2. The molecule has 2 rings (SSSR count). The van der Waals surface area contributed by atoms with Gasteiger partial charge in [0.05, 0.1) is 5.56 Å². The fourth-order valence-corrected chi connectivity index (χ4v) is 2.17. The summed E-state index contributed by atoms with van der Waals surface area (Å²) in [5.74, 6) is -0.645. The lowest BCUT2D eigenvalue weighted by molar-refractivity contribution is 0.0976. The molecular formula is C16H14ClFO3. The maximum atomic E-state index is 13.2. The predicted molar refractivity (Wildman–Crippen MR) is 78.3 cm³/mol. The zero-order chi connectivity index (χ0) is 15.4. The fraction of sp³-hybridized carbons (Fsp3) is 0.188. The monoisotopic (exact) mass is 308 g/mol. The van der Waals surface area contributed by atoms with Crippen LogP contribution in [0.15, 0.2) is 42.5 Å². The summed E-state index contributed by atoms with van der Waals surface area (Å²) in [5, 5.41) is 10.5. The van der Waals surface area contributed by atoms with Crippen LogP contribution in [0.2, 0.25) is 5.02 Å². The van der Waals surface area contributed by atoms with E-state index >= 15 is 0 Å². The zero-order valence-electron chi connectivity index (χ0n) is 11.3. The quantitative estimate of drug-likeness (QED) is 0.855. The van der Waals surface area contributed by atoms with Gasteiger partial charge in [-0.15, -0.1) is 0 Å². The van der Waals surface area contributed by atoms with Gasteiger partial charge in [-0.3, -0.25) is 4.79 Å². The third kappa shape index (κ3) is 3.80. The van der Waals surface area contributed by atoms with Crippen LogP contribution in [0.1, 0.15) is 28.9 Å². The SMILES string of the molecule is CC(=O)c1ccc(F)cc1OCC(O)c1ccccc1Cl. The van der Waals surface area contributed by atoms with E-state index in [1.165, 1.54) is 19.1 Å². The van der Waals surface area contributed by atoms with Crippen LogP contribution in [0, 0.1) is 5.82 Å². The second-order valence-corrected chi connectivity index (χ2v) is 4.95. The Labute approximate surface area is 126 Å². The molecule has 0 aliphatic rings. The summed E-state index contributed by atoms with van der Waals surface area (Å²) >= 11 is 5.98. The van der Waals surface area contributed by atoms with Gasteiger partial charge in [-0.2, -0.15) is 0 Å². The highest BCUT2D eigenvalue weighted by molar-refractivity contribution is 6.31. The lowest BCUT2D eigenvalue weighted by atomic mass is 10.1. The van der Waals surface area contributed by atoms with Gasteiger partial charge in [0.1, 0.15) is 24.3 Å². The topological polar surface area (TPSA) is 46.5 Å². The molecule has 0 amide bonds. The molecule has 2 aromatic carbocycles. The van der Waals surface area contributed by atoms with E-state index in [9.17, 15) is 14.3 Å². The minimum atomic E-state index is -0.971.